The highest BCUT2D eigenvalue weighted by molar-refractivity contribution is 5.93. The second kappa shape index (κ2) is 7.92. The molecule has 0 aliphatic carbocycles. The topological polar surface area (TPSA) is 50.4 Å². The van der Waals surface area contributed by atoms with Crippen LogP contribution in [0.2, 0.25) is 0 Å². The molecule has 2 aliphatic heterocycles. The quantitative estimate of drug-likeness (QED) is 0.765. The van der Waals surface area contributed by atoms with Gasteiger partial charge in [0.25, 0.3) is 0 Å². The minimum Gasteiger partial charge on any atom is -0.449 e. The summed E-state index contributed by atoms with van der Waals surface area (Å²) in [5, 5.41) is 6.52. The molecule has 2 aromatic rings. The predicted octanol–water partition coefficient (Wildman–Crippen LogP) is 5.19. The molecule has 0 aromatic heterocycles. The van der Waals surface area contributed by atoms with Crippen molar-refractivity contribution in [2.24, 2.45) is 5.92 Å². The summed E-state index contributed by atoms with van der Waals surface area (Å²) in [4.78, 5) is 12.5. The van der Waals surface area contributed by atoms with E-state index in [0.717, 1.165) is 29.5 Å². The summed E-state index contributed by atoms with van der Waals surface area (Å²) in [6.07, 6.45) is 4.19. The molecule has 1 amide bonds. The van der Waals surface area contributed by atoms with Crippen molar-refractivity contribution >= 4 is 11.8 Å². The van der Waals surface area contributed by atoms with E-state index < -0.39 is 6.09 Å². The number of para-hydroxylation sites is 1. The molecule has 0 saturated carbocycles. The maximum Gasteiger partial charge on any atom is 0.411 e. The van der Waals surface area contributed by atoms with Crippen molar-refractivity contribution in [3.8, 4) is 11.1 Å². The number of carbonyl (C=O) groups excluding carboxylic acids is 1. The average Bonchev–Trinajstić information content (AvgIpc) is 3.02. The zero-order chi connectivity index (χ0) is 19.7. The monoisotopic (exact) mass is 382 g/mol. The number of nitrogens with one attached hydrogen (secondary N) is 2. The van der Waals surface area contributed by atoms with Crippen molar-refractivity contribution in [3.63, 3.8) is 0 Å². The van der Waals surface area contributed by atoms with Gasteiger partial charge in [0.2, 0.25) is 0 Å². The number of amides is 1. The summed E-state index contributed by atoms with van der Waals surface area (Å²) in [6.45, 7) is 4.14. The summed E-state index contributed by atoms with van der Waals surface area (Å²) in [7, 11) is 0. The maximum absolute atomic E-state index is 13.6. The summed E-state index contributed by atoms with van der Waals surface area (Å²) in [5.41, 5.74) is 3.96. The van der Waals surface area contributed by atoms with Gasteiger partial charge in [0.15, 0.2) is 0 Å². The van der Waals surface area contributed by atoms with Crippen LogP contribution in [-0.4, -0.2) is 24.8 Å². The lowest BCUT2D eigenvalue weighted by atomic mass is 9.93. The molecule has 2 atom stereocenters. The largest absolute Gasteiger partial charge is 0.449 e. The molecular weight excluding hydrogens is 355 g/mol. The molecular formula is C23H27FN2O2. The van der Waals surface area contributed by atoms with Crippen LogP contribution >= 0.6 is 0 Å². The zero-order valence-electron chi connectivity index (χ0n) is 16.4. The van der Waals surface area contributed by atoms with Crippen LogP contribution in [0.25, 0.3) is 11.1 Å². The van der Waals surface area contributed by atoms with Gasteiger partial charge in [0.05, 0.1) is 12.3 Å². The van der Waals surface area contributed by atoms with Gasteiger partial charge in [0, 0.05) is 17.6 Å². The highest BCUT2D eigenvalue weighted by Gasteiger charge is 2.33. The molecule has 2 saturated heterocycles. The smallest absolute Gasteiger partial charge is 0.411 e. The van der Waals surface area contributed by atoms with Gasteiger partial charge < -0.3 is 10.1 Å². The van der Waals surface area contributed by atoms with E-state index in [1.54, 1.807) is 19.1 Å². The highest BCUT2D eigenvalue weighted by Crippen LogP contribution is 2.33. The Kier molecular flexibility index (Phi) is 5.36. The summed E-state index contributed by atoms with van der Waals surface area (Å²) in [6, 6.07) is 12.0. The molecule has 0 radical (unpaired) electrons. The van der Waals surface area contributed by atoms with E-state index in [9.17, 15) is 9.18 Å². The van der Waals surface area contributed by atoms with Gasteiger partial charge in [-0.25, -0.2) is 9.18 Å². The molecule has 2 fully saturated rings. The molecule has 2 aromatic carbocycles. The number of carbonyl (C=O) groups is 1. The predicted molar refractivity (Wildman–Crippen MR) is 109 cm³/mol. The standard InChI is InChI=1S/C23H27FN2O2/c1-14-4-3-5-20(17-6-9-21(24)15(2)10-17)22(14)26-23(27)28-13-16-11-18-7-8-19(12-16)25-18/h3-6,9-10,16,18-19,25H,7-8,11-13H2,1-2H3,(H,26,27). The molecule has 5 heteroatoms. The third kappa shape index (κ3) is 4.04. The summed E-state index contributed by atoms with van der Waals surface area (Å²) >= 11 is 0. The van der Waals surface area contributed by atoms with E-state index in [4.69, 9.17) is 4.74 Å². The van der Waals surface area contributed by atoms with E-state index in [1.807, 2.05) is 25.1 Å². The number of hydrogen-bond acceptors (Lipinski definition) is 3. The SMILES string of the molecule is Cc1cc(-c2cccc(C)c2NC(=O)OCC2CC3CCC(C2)N3)ccc1F. The van der Waals surface area contributed by atoms with Crippen LogP contribution in [0.5, 0.6) is 0 Å². The van der Waals surface area contributed by atoms with Crippen molar-refractivity contribution in [1.82, 2.24) is 5.32 Å². The summed E-state index contributed by atoms with van der Waals surface area (Å²) < 4.78 is 19.2. The molecule has 4 nitrogen and oxygen atoms in total. The van der Waals surface area contributed by atoms with Crippen molar-refractivity contribution in [1.29, 1.82) is 0 Å². The van der Waals surface area contributed by atoms with Crippen LogP contribution in [0, 0.1) is 25.6 Å². The number of benzene rings is 2. The van der Waals surface area contributed by atoms with E-state index in [2.05, 4.69) is 10.6 Å². The van der Waals surface area contributed by atoms with Crippen molar-refractivity contribution < 1.29 is 13.9 Å². The molecule has 2 unspecified atom stereocenters. The van der Waals surface area contributed by atoms with Gasteiger partial charge in [-0.2, -0.15) is 0 Å². The fourth-order valence-corrected chi connectivity index (χ4v) is 4.53. The lowest BCUT2D eigenvalue weighted by Crippen LogP contribution is -2.39. The Labute approximate surface area is 165 Å². The number of aryl methyl sites for hydroxylation is 2. The average molecular weight is 382 g/mol. The number of hydrogen-bond donors (Lipinski definition) is 2. The zero-order valence-corrected chi connectivity index (χ0v) is 16.4. The third-order valence-electron chi connectivity index (χ3n) is 5.99. The third-order valence-corrected chi connectivity index (χ3v) is 5.99. The molecule has 2 heterocycles. The van der Waals surface area contributed by atoms with Crippen LogP contribution in [0.1, 0.15) is 36.8 Å². The van der Waals surface area contributed by atoms with Gasteiger partial charge in [-0.1, -0.05) is 24.3 Å². The van der Waals surface area contributed by atoms with Crippen molar-refractivity contribution in [2.75, 3.05) is 11.9 Å². The number of ether oxygens (including phenoxy) is 1. The van der Waals surface area contributed by atoms with Crippen LogP contribution in [-0.2, 0) is 4.74 Å². The molecule has 4 rings (SSSR count). The number of anilines is 1. The molecule has 2 aliphatic rings. The van der Waals surface area contributed by atoms with Gasteiger partial charge in [-0.05, 0) is 74.3 Å². The minimum absolute atomic E-state index is 0.235. The van der Waals surface area contributed by atoms with Crippen LogP contribution < -0.4 is 10.6 Å². The van der Waals surface area contributed by atoms with E-state index >= 15 is 0 Å². The Morgan fingerprint density at radius 1 is 1.14 bits per heavy atom. The van der Waals surface area contributed by atoms with Crippen LogP contribution in [0.15, 0.2) is 36.4 Å². The van der Waals surface area contributed by atoms with Crippen molar-refractivity contribution in [3.05, 3.63) is 53.3 Å². The fourth-order valence-electron chi connectivity index (χ4n) is 4.53. The molecule has 0 spiro atoms. The lowest BCUT2D eigenvalue weighted by Gasteiger charge is -2.28. The van der Waals surface area contributed by atoms with Crippen LogP contribution in [0.4, 0.5) is 14.9 Å². The second-order valence-electron chi connectivity index (χ2n) is 8.16. The first-order chi connectivity index (χ1) is 13.5. The van der Waals surface area contributed by atoms with Crippen LogP contribution in [0.3, 0.4) is 0 Å². The Balaban J connectivity index is 1.45. The Bertz CT molecular complexity index is 871. The second-order valence-corrected chi connectivity index (χ2v) is 8.16. The number of piperidine rings is 1. The molecule has 2 N–H and O–H groups in total. The molecule has 2 bridgehead atoms. The Morgan fingerprint density at radius 2 is 1.89 bits per heavy atom. The van der Waals surface area contributed by atoms with E-state index in [1.165, 1.54) is 18.9 Å². The summed E-state index contributed by atoms with van der Waals surface area (Å²) in [5.74, 6) is 0.196. The number of fused-ring (bicyclic) bond motifs is 2. The van der Waals surface area contributed by atoms with Gasteiger partial charge in [-0.15, -0.1) is 0 Å². The Morgan fingerprint density at radius 3 is 2.61 bits per heavy atom. The first-order valence-electron chi connectivity index (χ1n) is 10.1. The van der Waals surface area contributed by atoms with Crippen molar-refractivity contribution in [2.45, 2.75) is 51.6 Å². The minimum atomic E-state index is -0.430. The Hall–Kier alpha value is -2.40. The van der Waals surface area contributed by atoms with E-state index in [0.29, 0.717) is 35.9 Å². The number of halogens is 1. The molecule has 148 valence electrons. The molecule has 28 heavy (non-hydrogen) atoms. The maximum atomic E-state index is 13.6. The first-order valence-corrected chi connectivity index (χ1v) is 10.1. The number of rotatable bonds is 4. The van der Waals surface area contributed by atoms with Gasteiger partial charge in [-0.3, -0.25) is 5.32 Å². The lowest BCUT2D eigenvalue weighted by molar-refractivity contribution is 0.122. The first kappa shape index (κ1) is 18.9. The van der Waals surface area contributed by atoms with Gasteiger partial charge >= 0.3 is 6.09 Å². The highest BCUT2D eigenvalue weighted by atomic mass is 19.1. The van der Waals surface area contributed by atoms with Gasteiger partial charge in [0.1, 0.15) is 5.82 Å². The fraction of sp³-hybridized carbons (Fsp3) is 0.435. The normalized spacial score (nSPS) is 23.5. The van der Waals surface area contributed by atoms with E-state index in [-0.39, 0.29) is 5.82 Å².